The average molecular weight is 320 g/mol. The number of phenolic OH excluding ortho intramolecular Hbond substituents is 1. The second-order valence-electron chi connectivity index (χ2n) is 5.74. The van der Waals surface area contributed by atoms with Crippen LogP contribution in [0.5, 0.6) is 5.75 Å². The molecule has 1 aromatic heterocycles. The van der Waals surface area contributed by atoms with Crippen molar-refractivity contribution in [3.8, 4) is 5.75 Å². The number of hydrogen-bond acceptors (Lipinski definition) is 4. The van der Waals surface area contributed by atoms with Crippen molar-refractivity contribution >= 4 is 22.8 Å². The molecule has 0 atom stereocenters. The molecule has 4 heteroatoms. The van der Waals surface area contributed by atoms with E-state index in [-0.39, 0.29) is 28.1 Å². The molecule has 0 aliphatic carbocycles. The van der Waals surface area contributed by atoms with Gasteiger partial charge in [0.2, 0.25) is 0 Å². The summed E-state index contributed by atoms with van der Waals surface area (Å²) in [6.45, 7) is 3.73. The van der Waals surface area contributed by atoms with Gasteiger partial charge in [-0.1, -0.05) is 23.3 Å². The number of carbonyl (C=O) groups excluding carboxylic acids is 1. The van der Waals surface area contributed by atoms with Crippen molar-refractivity contribution < 1.29 is 14.3 Å². The Hall–Kier alpha value is -3.14. The van der Waals surface area contributed by atoms with E-state index in [1.165, 1.54) is 24.5 Å². The number of fused-ring (bicyclic) bond motifs is 1. The fourth-order valence-corrected chi connectivity index (χ4v) is 2.48. The van der Waals surface area contributed by atoms with Crippen LogP contribution in [0.2, 0.25) is 0 Å². The zero-order chi connectivity index (χ0) is 17.3. The van der Waals surface area contributed by atoms with Gasteiger partial charge in [0.25, 0.3) is 0 Å². The van der Waals surface area contributed by atoms with Crippen molar-refractivity contribution in [3.63, 3.8) is 0 Å². The first-order valence-corrected chi connectivity index (χ1v) is 7.50. The molecular weight excluding hydrogens is 304 g/mol. The zero-order valence-corrected chi connectivity index (χ0v) is 13.4. The van der Waals surface area contributed by atoms with E-state index in [0.717, 1.165) is 11.1 Å². The fourth-order valence-electron chi connectivity index (χ4n) is 2.48. The van der Waals surface area contributed by atoms with Crippen LogP contribution in [0.25, 0.3) is 17.0 Å². The molecule has 4 nitrogen and oxygen atoms in total. The lowest BCUT2D eigenvalue weighted by atomic mass is 10.1. The highest BCUT2D eigenvalue weighted by atomic mass is 16.3. The Morgan fingerprint density at radius 3 is 2.58 bits per heavy atom. The van der Waals surface area contributed by atoms with Gasteiger partial charge < -0.3 is 9.52 Å². The third-order valence-electron chi connectivity index (χ3n) is 3.79. The third kappa shape index (κ3) is 2.99. The molecule has 0 aliphatic heterocycles. The lowest BCUT2D eigenvalue weighted by Gasteiger charge is -2.02. The molecule has 2 aromatic carbocycles. The first-order valence-electron chi connectivity index (χ1n) is 7.50. The molecule has 0 radical (unpaired) electrons. The van der Waals surface area contributed by atoms with Gasteiger partial charge in [-0.05, 0) is 50.3 Å². The molecule has 1 N–H and O–H groups in total. The maximum absolute atomic E-state index is 12.5. The maximum Gasteiger partial charge on any atom is 0.199 e. The first kappa shape index (κ1) is 15.7. The number of aryl methyl sites for hydroxylation is 2. The summed E-state index contributed by atoms with van der Waals surface area (Å²) >= 11 is 0. The van der Waals surface area contributed by atoms with Crippen molar-refractivity contribution in [1.29, 1.82) is 0 Å². The van der Waals surface area contributed by atoms with E-state index in [1.807, 2.05) is 19.9 Å². The highest BCUT2D eigenvalue weighted by molar-refractivity contribution is 6.08. The molecule has 1 heterocycles. The van der Waals surface area contributed by atoms with Crippen LogP contribution in [-0.2, 0) is 0 Å². The monoisotopic (exact) mass is 320 g/mol. The molecule has 3 aromatic rings. The molecule has 0 saturated heterocycles. The van der Waals surface area contributed by atoms with Gasteiger partial charge in [-0.25, -0.2) is 0 Å². The second-order valence-corrected chi connectivity index (χ2v) is 5.74. The Bertz CT molecular complexity index is 1030. The Balaban J connectivity index is 1.99. The molecular formula is C20H16O4. The SMILES string of the molecule is Cc1ccc(O)c(C(=O)/C=C/c2coc3ccc(C)cc3c2=O)c1. The van der Waals surface area contributed by atoms with E-state index in [4.69, 9.17) is 4.42 Å². The van der Waals surface area contributed by atoms with E-state index in [9.17, 15) is 14.7 Å². The smallest absolute Gasteiger partial charge is 0.199 e. The average Bonchev–Trinajstić information content (AvgIpc) is 2.56. The lowest BCUT2D eigenvalue weighted by molar-refractivity contribution is 0.104. The number of ketones is 1. The van der Waals surface area contributed by atoms with E-state index in [0.29, 0.717) is 11.0 Å². The number of benzene rings is 2. The number of phenols is 1. The normalized spacial score (nSPS) is 11.2. The van der Waals surface area contributed by atoms with Gasteiger partial charge in [-0.2, -0.15) is 0 Å². The molecule has 120 valence electrons. The van der Waals surface area contributed by atoms with Gasteiger partial charge in [0.1, 0.15) is 17.6 Å². The molecule has 0 saturated carbocycles. The number of carbonyl (C=O) groups is 1. The molecule has 0 bridgehead atoms. The Morgan fingerprint density at radius 1 is 1.08 bits per heavy atom. The van der Waals surface area contributed by atoms with Crippen molar-refractivity contribution in [1.82, 2.24) is 0 Å². The summed E-state index contributed by atoms with van der Waals surface area (Å²) in [6.07, 6.45) is 4.01. The Labute approximate surface area is 138 Å². The molecule has 0 fully saturated rings. The fraction of sp³-hybridized carbons (Fsp3) is 0.100. The van der Waals surface area contributed by atoms with Crippen molar-refractivity contribution in [2.24, 2.45) is 0 Å². The first-order chi connectivity index (χ1) is 11.5. The van der Waals surface area contributed by atoms with E-state index >= 15 is 0 Å². The third-order valence-corrected chi connectivity index (χ3v) is 3.79. The number of aromatic hydroxyl groups is 1. The van der Waals surface area contributed by atoms with Gasteiger partial charge in [0.05, 0.1) is 16.5 Å². The molecule has 24 heavy (non-hydrogen) atoms. The summed E-state index contributed by atoms with van der Waals surface area (Å²) in [5.74, 6) is -0.462. The van der Waals surface area contributed by atoms with Crippen LogP contribution >= 0.6 is 0 Å². The van der Waals surface area contributed by atoms with Gasteiger partial charge in [0, 0.05) is 0 Å². The van der Waals surface area contributed by atoms with E-state index in [1.54, 1.807) is 24.3 Å². The minimum absolute atomic E-state index is 0.0866. The van der Waals surface area contributed by atoms with E-state index < -0.39 is 0 Å². The minimum Gasteiger partial charge on any atom is -0.507 e. The number of hydrogen-bond donors (Lipinski definition) is 1. The number of rotatable bonds is 3. The standard InChI is InChI=1S/C20H16O4/c1-12-3-6-17(21)15(9-12)18(22)7-5-14-11-24-19-8-4-13(2)10-16(19)20(14)23/h3-11,21H,1-2H3/b7-5+. The molecule has 0 spiro atoms. The summed E-state index contributed by atoms with van der Waals surface area (Å²) in [7, 11) is 0. The lowest BCUT2D eigenvalue weighted by Crippen LogP contribution is -2.05. The van der Waals surface area contributed by atoms with E-state index in [2.05, 4.69) is 0 Å². The topological polar surface area (TPSA) is 67.5 Å². The van der Waals surface area contributed by atoms with Crippen LogP contribution < -0.4 is 5.43 Å². The number of allylic oxidation sites excluding steroid dienone is 1. The predicted molar refractivity (Wildman–Crippen MR) is 93.4 cm³/mol. The Kier molecular flexibility index (Phi) is 4.04. The predicted octanol–water partition coefficient (Wildman–Crippen LogP) is 4.01. The summed E-state index contributed by atoms with van der Waals surface area (Å²) in [4.78, 5) is 24.7. The highest BCUT2D eigenvalue weighted by Crippen LogP contribution is 2.20. The van der Waals surface area contributed by atoms with Crippen molar-refractivity contribution in [2.75, 3.05) is 0 Å². The van der Waals surface area contributed by atoms with Crippen LogP contribution in [-0.4, -0.2) is 10.9 Å². The minimum atomic E-state index is -0.375. The van der Waals surface area contributed by atoms with Crippen molar-refractivity contribution in [2.45, 2.75) is 13.8 Å². The molecule has 0 amide bonds. The van der Waals surface area contributed by atoms with Crippen LogP contribution in [0, 0.1) is 13.8 Å². The zero-order valence-electron chi connectivity index (χ0n) is 13.4. The van der Waals surface area contributed by atoms with Gasteiger partial charge in [0.15, 0.2) is 11.2 Å². The molecule has 0 unspecified atom stereocenters. The molecule has 3 rings (SSSR count). The van der Waals surface area contributed by atoms with Crippen molar-refractivity contribution in [3.05, 3.63) is 81.2 Å². The highest BCUT2D eigenvalue weighted by Gasteiger charge is 2.09. The second kappa shape index (κ2) is 6.16. The van der Waals surface area contributed by atoms with Gasteiger partial charge >= 0.3 is 0 Å². The largest absolute Gasteiger partial charge is 0.507 e. The quantitative estimate of drug-likeness (QED) is 0.585. The van der Waals surface area contributed by atoms with Crippen LogP contribution in [0.1, 0.15) is 27.0 Å². The molecule has 0 aliphatic rings. The van der Waals surface area contributed by atoms with Gasteiger partial charge in [-0.3, -0.25) is 9.59 Å². The van der Waals surface area contributed by atoms with Crippen LogP contribution in [0.15, 0.2) is 57.9 Å². The summed E-state index contributed by atoms with van der Waals surface area (Å²) in [5.41, 5.74) is 2.62. The van der Waals surface area contributed by atoms with Crippen LogP contribution in [0.4, 0.5) is 0 Å². The summed E-state index contributed by atoms with van der Waals surface area (Å²) in [6, 6.07) is 10.2. The van der Waals surface area contributed by atoms with Crippen LogP contribution in [0.3, 0.4) is 0 Å². The Morgan fingerprint density at radius 2 is 1.79 bits per heavy atom. The van der Waals surface area contributed by atoms with Gasteiger partial charge in [-0.15, -0.1) is 0 Å². The summed E-state index contributed by atoms with van der Waals surface area (Å²) < 4.78 is 5.45. The maximum atomic E-state index is 12.5. The summed E-state index contributed by atoms with van der Waals surface area (Å²) in [5, 5.41) is 10.3.